The third-order valence-electron chi connectivity index (χ3n) is 7.13. The van der Waals surface area contributed by atoms with E-state index in [1.807, 2.05) is 56.3 Å². The molecule has 8 nitrogen and oxygen atoms in total. The van der Waals surface area contributed by atoms with Crippen LogP contribution in [0.1, 0.15) is 31.9 Å². The van der Waals surface area contributed by atoms with E-state index in [0.29, 0.717) is 12.2 Å². The largest absolute Gasteiger partial charge is 0.468 e. The third-order valence-corrected chi connectivity index (χ3v) is 7.13. The molecule has 2 amide bonds. The van der Waals surface area contributed by atoms with Crippen LogP contribution >= 0.6 is 0 Å². The number of carbonyl (C=O) groups excluding carboxylic acids is 3. The first-order valence-electron chi connectivity index (χ1n) is 11.4. The van der Waals surface area contributed by atoms with Crippen molar-refractivity contribution in [2.24, 2.45) is 17.8 Å². The maximum absolute atomic E-state index is 13.2. The molecule has 0 bridgehead atoms. The Hall–Kier alpha value is -3.39. The molecule has 8 heteroatoms. The van der Waals surface area contributed by atoms with Crippen molar-refractivity contribution in [2.45, 2.75) is 31.8 Å². The number of esters is 1. The van der Waals surface area contributed by atoms with Crippen molar-refractivity contribution < 1.29 is 28.6 Å². The third kappa shape index (κ3) is 3.27. The van der Waals surface area contributed by atoms with Gasteiger partial charge in [-0.15, -0.1) is 0 Å². The SMILES string of the molecule is COC(=O)[C@]1(CC(C)C)N[C@H](c2ccc(-c3ccc4c(c3)OCO4)cc2)[C@@H]2C(=O)N(C)C(=O)[C@@H]21. The molecule has 0 aromatic heterocycles. The van der Waals surface area contributed by atoms with Crippen molar-refractivity contribution in [3.63, 3.8) is 0 Å². The number of likely N-dealkylation sites (tertiary alicyclic amines) is 1. The van der Waals surface area contributed by atoms with Crippen LogP contribution in [0.3, 0.4) is 0 Å². The highest BCUT2D eigenvalue weighted by Gasteiger charge is 2.68. The number of imide groups is 1. The number of carbonyl (C=O) groups is 3. The van der Waals surface area contributed by atoms with E-state index in [1.165, 1.54) is 14.2 Å². The van der Waals surface area contributed by atoms with Gasteiger partial charge in [0, 0.05) is 13.1 Å². The lowest BCUT2D eigenvalue weighted by molar-refractivity contribution is -0.154. The highest BCUT2D eigenvalue weighted by atomic mass is 16.7. The lowest BCUT2D eigenvalue weighted by atomic mass is 9.75. The van der Waals surface area contributed by atoms with Gasteiger partial charge in [0.25, 0.3) is 0 Å². The van der Waals surface area contributed by atoms with E-state index in [9.17, 15) is 14.4 Å². The Bertz CT molecular complexity index is 1160. The van der Waals surface area contributed by atoms with E-state index in [2.05, 4.69) is 5.32 Å². The molecule has 1 N–H and O–H groups in total. The predicted octanol–water partition coefficient (Wildman–Crippen LogP) is 2.92. The highest BCUT2D eigenvalue weighted by molar-refractivity contribution is 6.09. The van der Waals surface area contributed by atoms with Gasteiger partial charge in [0.15, 0.2) is 11.5 Å². The molecule has 2 fully saturated rings. The van der Waals surface area contributed by atoms with Gasteiger partial charge in [-0.25, -0.2) is 0 Å². The Labute approximate surface area is 198 Å². The van der Waals surface area contributed by atoms with Crippen LogP contribution in [0.25, 0.3) is 11.1 Å². The summed E-state index contributed by atoms with van der Waals surface area (Å²) in [6.07, 6.45) is 0.388. The summed E-state index contributed by atoms with van der Waals surface area (Å²) in [4.78, 5) is 40.6. The summed E-state index contributed by atoms with van der Waals surface area (Å²) in [5, 5.41) is 3.40. The molecule has 0 unspecified atom stereocenters. The second-order valence-electron chi connectivity index (χ2n) is 9.61. The van der Waals surface area contributed by atoms with E-state index in [-0.39, 0.29) is 24.5 Å². The molecule has 2 aromatic rings. The van der Waals surface area contributed by atoms with Crippen LogP contribution in [0.15, 0.2) is 42.5 Å². The molecule has 0 spiro atoms. The average Bonchev–Trinajstić information content (AvgIpc) is 3.50. The van der Waals surface area contributed by atoms with Crippen molar-refractivity contribution >= 4 is 17.8 Å². The van der Waals surface area contributed by atoms with Crippen LogP contribution < -0.4 is 14.8 Å². The Morgan fingerprint density at radius 3 is 2.44 bits per heavy atom. The Balaban J connectivity index is 1.52. The molecule has 0 saturated carbocycles. The Kier molecular flexibility index (Phi) is 5.36. The fraction of sp³-hybridized carbons (Fsp3) is 0.423. The number of fused-ring (bicyclic) bond motifs is 2. The zero-order chi connectivity index (χ0) is 24.2. The molecule has 3 heterocycles. The van der Waals surface area contributed by atoms with Crippen molar-refractivity contribution in [3.8, 4) is 22.6 Å². The molecule has 4 atom stereocenters. The van der Waals surface area contributed by atoms with Crippen molar-refractivity contribution in [1.82, 2.24) is 10.2 Å². The molecular weight excluding hydrogens is 436 g/mol. The number of rotatable bonds is 5. The minimum Gasteiger partial charge on any atom is -0.468 e. The van der Waals surface area contributed by atoms with Gasteiger partial charge >= 0.3 is 5.97 Å². The van der Waals surface area contributed by atoms with E-state index in [1.54, 1.807) is 0 Å². The van der Waals surface area contributed by atoms with Crippen LogP contribution in [-0.2, 0) is 19.1 Å². The summed E-state index contributed by atoms with van der Waals surface area (Å²) in [5.41, 5.74) is 1.53. The van der Waals surface area contributed by atoms with Crippen LogP contribution in [0.4, 0.5) is 0 Å². The molecular formula is C26H28N2O6. The lowest BCUT2D eigenvalue weighted by Gasteiger charge is -2.33. The summed E-state index contributed by atoms with van der Waals surface area (Å²) in [6.45, 7) is 4.19. The first kappa shape index (κ1) is 22.4. The first-order valence-corrected chi connectivity index (χ1v) is 11.4. The molecule has 0 radical (unpaired) electrons. The molecule has 34 heavy (non-hydrogen) atoms. The monoisotopic (exact) mass is 464 g/mol. The smallest absolute Gasteiger partial charge is 0.326 e. The molecule has 5 rings (SSSR count). The molecule has 178 valence electrons. The fourth-order valence-electron chi connectivity index (χ4n) is 5.68. The standard InChI is InChI=1S/C26H28N2O6/c1-14(2)12-26(25(31)32-4)21-20(23(29)28(3)24(21)30)22(27-26)16-7-5-15(6-8-16)17-9-10-18-19(11-17)34-13-33-18/h5-11,14,20-22,27H,12-13H2,1-4H3/t20-,21-,22-,26-/m1/s1. The summed E-state index contributed by atoms with van der Waals surface area (Å²) in [6, 6.07) is 13.1. The number of hydrogen-bond donors (Lipinski definition) is 1. The van der Waals surface area contributed by atoms with Crippen molar-refractivity contribution in [1.29, 1.82) is 0 Å². The van der Waals surface area contributed by atoms with E-state index >= 15 is 0 Å². The number of benzene rings is 2. The molecule has 3 aliphatic heterocycles. The van der Waals surface area contributed by atoms with Gasteiger partial charge in [0.05, 0.1) is 18.9 Å². The van der Waals surface area contributed by atoms with Gasteiger partial charge in [0.1, 0.15) is 5.54 Å². The molecule has 2 aromatic carbocycles. The van der Waals surface area contributed by atoms with Crippen LogP contribution in [0, 0.1) is 17.8 Å². The van der Waals surface area contributed by atoms with Crippen molar-refractivity contribution in [2.75, 3.05) is 21.0 Å². The molecule has 3 aliphatic rings. The predicted molar refractivity (Wildman–Crippen MR) is 123 cm³/mol. The van der Waals surface area contributed by atoms with E-state index < -0.39 is 29.4 Å². The zero-order valence-electron chi connectivity index (χ0n) is 19.7. The van der Waals surface area contributed by atoms with Gasteiger partial charge in [-0.3, -0.25) is 24.6 Å². The quantitative estimate of drug-likeness (QED) is 0.537. The summed E-state index contributed by atoms with van der Waals surface area (Å²) in [5.74, 6) is -1.07. The molecule has 2 saturated heterocycles. The number of nitrogens with zero attached hydrogens (tertiary/aromatic N) is 1. The fourth-order valence-corrected chi connectivity index (χ4v) is 5.68. The van der Waals surface area contributed by atoms with Crippen LogP contribution in [0.2, 0.25) is 0 Å². The van der Waals surface area contributed by atoms with Gasteiger partial charge in [-0.05, 0) is 41.2 Å². The summed E-state index contributed by atoms with van der Waals surface area (Å²) in [7, 11) is 2.81. The number of ether oxygens (including phenoxy) is 3. The maximum Gasteiger partial charge on any atom is 0.326 e. The summed E-state index contributed by atoms with van der Waals surface area (Å²) >= 11 is 0. The van der Waals surface area contributed by atoms with Crippen LogP contribution in [-0.4, -0.2) is 49.2 Å². The second-order valence-corrected chi connectivity index (χ2v) is 9.61. The average molecular weight is 465 g/mol. The Morgan fingerprint density at radius 2 is 1.76 bits per heavy atom. The number of nitrogens with one attached hydrogen (secondary N) is 1. The normalized spacial score (nSPS) is 27.4. The van der Waals surface area contributed by atoms with Gasteiger partial charge in [-0.1, -0.05) is 44.2 Å². The van der Waals surface area contributed by atoms with Gasteiger partial charge in [-0.2, -0.15) is 0 Å². The molecule has 0 aliphatic carbocycles. The first-order chi connectivity index (χ1) is 16.3. The topological polar surface area (TPSA) is 94.2 Å². The van der Waals surface area contributed by atoms with E-state index in [0.717, 1.165) is 27.3 Å². The minimum atomic E-state index is -1.26. The summed E-state index contributed by atoms with van der Waals surface area (Å²) < 4.78 is 16.0. The second kappa shape index (κ2) is 8.13. The van der Waals surface area contributed by atoms with Gasteiger partial charge in [0.2, 0.25) is 18.6 Å². The Morgan fingerprint density at radius 1 is 1.09 bits per heavy atom. The lowest BCUT2D eigenvalue weighted by Crippen LogP contribution is -2.56. The number of hydrogen-bond acceptors (Lipinski definition) is 7. The zero-order valence-corrected chi connectivity index (χ0v) is 19.7. The van der Waals surface area contributed by atoms with Crippen molar-refractivity contribution in [3.05, 3.63) is 48.0 Å². The maximum atomic E-state index is 13.2. The van der Waals surface area contributed by atoms with Crippen LogP contribution in [0.5, 0.6) is 11.5 Å². The number of amides is 2. The van der Waals surface area contributed by atoms with E-state index in [4.69, 9.17) is 14.2 Å². The highest BCUT2D eigenvalue weighted by Crippen LogP contribution is 2.51. The number of methoxy groups -OCH3 is 1. The minimum absolute atomic E-state index is 0.105. The van der Waals surface area contributed by atoms with Gasteiger partial charge < -0.3 is 14.2 Å².